The molecule has 3 aliphatic rings. The molecule has 2 N–H and O–H groups in total. The van der Waals surface area contributed by atoms with Crippen molar-refractivity contribution in [3.8, 4) is 0 Å². The Kier molecular flexibility index (Phi) is 9.49. The minimum absolute atomic E-state index is 0.00277. The topological polar surface area (TPSA) is 111 Å². The Balaban J connectivity index is 1.52. The highest BCUT2D eigenvalue weighted by molar-refractivity contribution is 7.90. The number of hydrogen-bond acceptors (Lipinski definition) is 8. The molecule has 0 bridgehead atoms. The zero-order valence-electron chi connectivity index (χ0n) is 27.2. The summed E-state index contributed by atoms with van der Waals surface area (Å²) in [5.74, 6) is -1.38. The van der Waals surface area contributed by atoms with E-state index in [1.54, 1.807) is 31.2 Å². The van der Waals surface area contributed by atoms with E-state index in [4.69, 9.17) is 27.9 Å². The van der Waals surface area contributed by atoms with Gasteiger partial charge in [0.05, 0.1) is 41.4 Å². The summed E-state index contributed by atoms with van der Waals surface area (Å²) in [5.41, 5.74) is -3.12. The Labute approximate surface area is 290 Å². The number of nitrogens with zero attached hydrogens (tertiary/aromatic N) is 3. The number of piperazine rings is 1. The lowest BCUT2D eigenvalue weighted by atomic mass is 9.87. The number of carbonyl (C=O) groups is 1. The van der Waals surface area contributed by atoms with Crippen LogP contribution in [0.2, 0.25) is 10.0 Å². The van der Waals surface area contributed by atoms with Crippen molar-refractivity contribution in [2.75, 3.05) is 59.2 Å². The fourth-order valence-electron chi connectivity index (χ4n) is 6.74. The van der Waals surface area contributed by atoms with Gasteiger partial charge in [0.2, 0.25) is 0 Å². The predicted octanol–water partition coefficient (Wildman–Crippen LogP) is 4.64. The number of fused-ring (bicyclic) bond motifs is 1. The first kappa shape index (κ1) is 35.2. The zero-order valence-corrected chi connectivity index (χ0v) is 29.5. The van der Waals surface area contributed by atoms with Crippen molar-refractivity contribution in [3.63, 3.8) is 0 Å². The van der Waals surface area contributed by atoms with Gasteiger partial charge in [0.15, 0.2) is 15.6 Å². The third kappa shape index (κ3) is 6.64. The van der Waals surface area contributed by atoms with Crippen molar-refractivity contribution in [2.24, 2.45) is 5.41 Å². The van der Waals surface area contributed by atoms with Gasteiger partial charge in [-0.3, -0.25) is 14.6 Å². The third-order valence-corrected chi connectivity index (χ3v) is 11.6. The number of ether oxygens (including phenoxy) is 1. The first-order valence-electron chi connectivity index (χ1n) is 15.9. The van der Waals surface area contributed by atoms with Gasteiger partial charge >= 0.3 is 0 Å². The summed E-state index contributed by atoms with van der Waals surface area (Å²) in [6, 6.07) is 13.7. The average molecular weight is 721 g/mol. The maximum atomic E-state index is 16.9. The van der Waals surface area contributed by atoms with Crippen molar-refractivity contribution in [2.45, 2.75) is 42.5 Å². The molecule has 1 saturated carbocycles. The first-order chi connectivity index (χ1) is 22.6. The van der Waals surface area contributed by atoms with Gasteiger partial charge in [0.25, 0.3) is 5.91 Å². The largest absolute Gasteiger partial charge is 0.396 e. The Morgan fingerprint density at radius 3 is 2.25 bits per heavy atom. The third-order valence-electron chi connectivity index (χ3n) is 9.91. The van der Waals surface area contributed by atoms with E-state index >= 15 is 4.39 Å². The molecule has 258 valence electrons. The lowest BCUT2D eigenvalue weighted by Crippen LogP contribution is -2.49. The molecule has 9 nitrogen and oxygen atoms in total. The van der Waals surface area contributed by atoms with Crippen molar-refractivity contribution in [1.29, 1.82) is 0 Å². The minimum Gasteiger partial charge on any atom is -0.396 e. The van der Waals surface area contributed by atoms with E-state index < -0.39 is 38.3 Å². The number of aliphatic hydroxyl groups is 2. The van der Waals surface area contributed by atoms with Crippen LogP contribution in [0.4, 0.5) is 4.39 Å². The van der Waals surface area contributed by atoms with Gasteiger partial charge < -0.3 is 19.8 Å². The van der Waals surface area contributed by atoms with Gasteiger partial charge in [-0.05, 0) is 74.3 Å². The number of halogens is 3. The van der Waals surface area contributed by atoms with Crippen LogP contribution in [0.1, 0.15) is 52.4 Å². The molecule has 0 aromatic heterocycles. The number of aliphatic hydroxyl groups excluding tert-OH is 1. The second kappa shape index (κ2) is 12.9. The Morgan fingerprint density at radius 1 is 1.00 bits per heavy atom. The maximum Gasteiger partial charge on any atom is 0.257 e. The van der Waals surface area contributed by atoms with Crippen LogP contribution >= 0.6 is 23.2 Å². The predicted molar refractivity (Wildman–Crippen MR) is 181 cm³/mol. The number of amides is 1. The van der Waals surface area contributed by atoms with Crippen LogP contribution in [0.5, 0.6) is 0 Å². The smallest absolute Gasteiger partial charge is 0.257 e. The zero-order chi connectivity index (χ0) is 34.6. The van der Waals surface area contributed by atoms with Crippen molar-refractivity contribution in [1.82, 2.24) is 14.7 Å². The number of hydrogen-bond donors (Lipinski definition) is 2. The second-order valence-corrected chi connectivity index (χ2v) is 16.6. The lowest BCUT2D eigenvalue weighted by molar-refractivity contribution is -0.130. The highest BCUT2D eigenvalue weighted by Crippen LogP contribution is 2.52. The molecule has 1 amide bonds. The molecule has 2 atom stereocenters. The summed E-state index contributed by atoms with van der Waals surface area (Å²) in [7, 11) is -1.77. The number of β-amino-alcohol motifs (C(OH)–C–C–N with tert-alkyl or cyclic N) is 1. The summed E-state index contributed by atoms with van der Waals surface area (Å²) >= 11 is 12.5. The molecule has 3 aromatic carbocycles. The summed E-state index contributed by atoms with van der Waals surface area (Å²) < 4.78 is 49.5. The van der Waals surface area contributed by atoms with Crippen molar-refractivity contribution >= 4 is 38.9 Å². The number of likely N-dealkylation sites (N-methyl/N-ethyl adjacent to an activating group) is 1. The monoisotopic (exact) mass is 719 g/mol. The summed E-state index contributed by atoms with van der Waals surface area (Å²) in [5, 5.41) is 22.5. The van der Waals surface area contributed by atoms with E-state index in [0.717, 1.165) is 32.4 Å². The van der Waals surface area contributed by atoms with Gasteiger partial charge in [-0.25, -0.2) is 12.8 Å². The van der Waals surface area contributed by atoms with Crippen molar-refractivity contribution in [3.05, 3.63) is 98.3 Å². The molecule has 3 aromatic rings. The highest BCUT2D eigenvalue weighted by Gasteiger charge is 2.57. The van der Waals surface area contributed by atoms with E-state index in [0.29, 0.717) is 23.4 Å². The highest BCUT2D eigenvalue weighted by atomic mass is 35.5. The molecule has 1 saturated heterocycles. The second-order valence-electron chi connectivity index (χ2n) is 13.7. The normalized spacial score (nSPS) is 22.5. The van der Waals surface area contributed by atoms with E-state index in [9.17, 15) is 23.4 Å². The molecule has 2 fully saturated rings. The van der Waals surface area contributed by atoms with Crippen LogP contribution in [0.25, 0.3) is 0 Å². The van der Waals surface area contributed by atoms with E-state index in [-0.39, 0.29) is 58.5 Å². The number of sulfone groups is 1. The molecular weight excluding hydrogens is 680 g/mol. The first-order valence-corrected chi connectivity index (χ1v) is 18.5. The van der Waals surface area contributed by atoms with E-state index in [2.05, 4.69) is 9.80 Å². The summed E-state index contributed by atoms with van der Waals surface area (Å²) in [6.07, 6.45) is 2.43. The van der Waals surface area contributed by atoms with Gasteiger partial charge in [0, 0.05) is 60.0 Å². The Hall–Kier alpha value is -2.61. The number of benzene rings is 3. The fraction of sp³-hybridized carbons (Fsp3) is 0.457. The average Bonchev–Trinajstić information content (AvgIpc) is 3.78. The molecular formula is C35H40Cl2FN3O6S. The van der Waals surface area contributed by atoms with Crippen molar-refractivity contribution < 1.29 is 32.6 Å². The van der Waals surface area contributed by atoms with Gasteiger partial charge in [0.1, 0.15) is 5.82 Å². The molecule has 0 spiro atoms. The van der Waals surface area contributed by atoms with Crippen LogP contribution in [-0.4, -0.2) is 98.5 Å². The van der Waals surface area contributed by atoms with Gasteiger partial charge in [-0.1, -0.05) is 41.4 Å². The Morgan fingerprint density at radius 2 is 1.65 bits per heavy atom. The SMILES string of the molecule is CN1CCN(C[C@@](C)(O)c2cc(F)c3c(c2)C(=O)N(Cc2ccc(Cl)cc2S(C)(=O)=O)[C@@]3(OCC2(CO)CC2)c2ccc(Cl)cc2)CC1. The van der Waals surface area contributed by atoms with Gasteiger partial charge in [-0.15, -0.1) is 0 Å². The molecule has 2 heterocycles. The molecule has 6 rings (SSSR count). The molecule has 0 unspecified atom stereocenters. The minimum atomic E-state index is -3.80. The van der Waals surface area contributed by atoms with Crippen LogP contribution in [0.15, 0.2) is 59.5 Å². The fourth-order valence-corrected chi connectivity index (χ4v) is 8.05. The molecule has 48 heavy (non-hydrogen) atoms. The van der Waals surface area contributed by atoms with E-state index in [1.807, 2.05) is 7.05 Å². The van der Waals surface area contributed by atoms with Gasteiger partial charge in [-0.2, -0.15) is 0 Å². The Bertz CT molecular complexity index is 1830. The quantitative estimate of drug-likeness (QED) is 0.295. The standard InChI is InChI=1S/C35H40Cl2FN3O6S/c1-33(44,20-40-14-12-39(2)13-15-40)25-16-28-31(29(38)17-25)35(24-5-8-26(36)9-6-24,47-22-34(21-42)10-11-34)41(32(28)43)19-23-4-7-27(37)18-30(23)48(3,45)46/h4-9,16-18,42,44H,10-15,19-22H2,1-3H3/t33-,35-/m1/s1. The molecule has 2 aliphatic heterocycles. The van der Waals surface area contributed by atoms with Crippen LogP contribution in [0.3, 0.4) is 0 Å². The van der Waals surface area contributed by atoms with E-state index in [1.165, 1.54) is 35.2 Å². The maximum absolute atomic E-state index is 16.9. The summed E-state index contributed by atoms with van der Waals surface area (Å²) in [4.78, 5) is 20.2. The lowest BCUT2D eigenvalue weighted by Gasteiger charge is -2.41. The molecule has 1 aliphatic carbocycles. The number of rotatable bonds is 11. The van der Waals surface area contributed by atoms with Crippen LogP contribution in [-0.2, 0) is 32.4 Å². The summed E-state index contributed by atoms with van der Waals surface area (Å²) in [6.45, 7) is 4.53. The van der Waals surface area contributed by atoms with Crippen LogP contribution < -0.4 is 0 Å². The molecule has 13 heteroatoms. The number of carbonyl (C=O) groups excluding carboxylic acids is 1. The molecule has 0 radical (unpaired) electrons. The van der Waals surface area contributed by atoms with Crippen LogP contribution in [0, 0.1) is 11.2 Å².